The lowest BCUT2D eigenvalue weighted by molar-refractivity contribution is 0.0951. The lowest BCUT2D eigenvalue weighted by Gasteiger charge is -2.11. The highest BCUT2D eigenvalue weighted by Gasteiger charge is 2.37. The molecule has 1 saturated carbocycles. The molecule has 1 aliphatic carbocycles. The van der Waals surface area contributed by atoms with Crippen LogP contribution in [-0.4, -0.2) is 29.1 Å². The van der Waals surface area contributed by atoms with Gasteiger partial charge >= 0.3 is 0 Å². The number of fused-ring (bicyclic) bond motifs is 1. The SMILES string of the molecule is O=C(NCCC1C[C@H]1c1ccccc1)c1ccccc1CNCCc1c[nH]c2cc(O)ccc12. The highest BCUT2D eigenvalue weighted by molar-refractivity contribution is 5.95. The van der Waals surface area contributed by atoms with Crippen LogP contribution in [0.2, 0.25) is 0 Å². The molecule has 2 atom stereocenters. The molecule has 34 heavy (non-hydrogen) atoms. The van der Waals surface area contributed by atoms with Crippen LogP contribution in [0.25, 0.3) is 10.9 Å². The van der Waals surface area contributed by atoms with Gasteiger partial charge in [0.2, 0.25) is 0 Å². The number of phenolic OH excluding ortho intramolecular Hbond substituents is 1. The minimum absolute atomic E-state index is 0.00532. The normalized spacial score (nSPS) is 17.1. The number of carbonyl (C=O) groups is 1. The molecule has 0 bridgehead atoms. The van der Waals surface area contributed by atoms with E-state index in [9.17, 15) is 9.90 Å². The molecule has 1 fully saturated rings. The van der Waals surface area contributed by atoms with Crippen molar-refractivity contribution >= 4 is 16.8 Å². The molecular weight excluding hydrogens is 422 g/mol. The maximum atomic E-state index is 12.8. The fourth-order valence-corrected chi connectivity index (χ4v) is 4.86. The molecule has 1 aromatic heterocycles. The Morgan fingerprint density at radius 2 is 1.79 bits per heavy atom. The Bertz CT molecular complexity index is 1260. The largest absolute Gasteiger partial charge is 0.508 e. The van der Waals surface area contributed by atoms with E-state index >= 15 is 0 Å². The maximum Gasteiger partial charge on any atom is 0.251 e. The summed E-state index contributed by atoms with van der Waals surface area (Å²) in [6.45, 7) is 2.16. The summed E-state index contributed by atoms with van der Waals surface area (Å²) < 4.78 is 0. The number of rotatable bonds is 10. The monoisotopic (exact) mass is 453 g/mol. The van der Waals surface area contributed by atoms with Crippen molar-refractivity contribution in [2.75, 3.05) is 13.1 Å². The maximum absolute atomic E-state index is 12.8. The van der Waals surface area contributed by atoms with Gasteiger partial charge in [0, 0.05) is 41.8 Å². The number of hydrogen-bond donors (Lipinski definition) is 4. The van der Waals surface area contributed by atoms with E-state index in [0.717, 1.165) is 41.4 Å². The number of aromatic hydroxyl groups is 1. The molecule has 1 aliphatic rings. The van der Waals surface area contributed by atoms with E-state index in [2.05, 4.69) is 45.9 Å². The molecule has 5 heteroatoms. The molecule has 4 aromatic rings. The van der Waals surface area contributed by atoms with Crippen LogP contribution in [0, 0.1) is 5.92 Å². The van der Waals surface area contributed by atoms with Gasteiger partial charge in [-0.2, -0.15) is 0 Å². The van der Waals surface area contributed by atoms with Crippen molar-refractivity contribution in [3.63, 3.8) is 0 Å². The van der Waals surface area contributed by atoms with Gasteiger partial charge in [-0.25, -0.2) is 0 Å². The lowest BCUT2D eigenvalue weighted by Crippen LogP contribution is -2.27. The number of H-pyrrole nitrogens is 1. The second kappa shape index (κ2) is 10.1. The number of nitrogens with one attached hydrogen (secondary N) is 3. The Balaban J connectivity index is 1.09. The molecule has 0 radical (unpaired) electrons. The average molecular weight is 454 g/mol. The van der Waals surface area contributed by atoms with Gasteiger partial charge in [0.25, 0.3) is 5.91 Å². The molecule has 4 N–H and O–H groups in total. The summed E-state index contributed by atoms with van der Waals surface area (Å²) in [6.07, 6.45) is 5.10. The van der Waals surface area contributed by atoms with Crippen LogP contribution in [0.3, 0.4) is 0 Å². The predicted octanol–water partition coefficient (Wildman–Crippen LogP) is 5.13. The summed E-state index contributed by atoms with van der Waals surface area (Å²) >= 11 is 0. The zero-order chi connectivity index (χ0) is 23.3. The van der Waals surface area contributed by atoms with Crippen LogP contribution in [0.15, 0.2) is 79.0 Å². The summed E-state index contributed by atoms with van der Waals surface area (Å²) in [5, 5.41) is 17.4. The van der Waals surface area contributed by atoms with E-state index in [1.54, 1.807) is 12.1 Å². The van der Waals surface area contributed by atoms with Crippen LogP contribution in [-0.2, 0) is 13.0 Å². The molecule has 174 valence electrons. The average Bonchev–Trinajstić information content (AvgIpc) is 3.53. The summed E-state index contributed by atoms with van der Waals surface area (Å²) in [5.74, 6) is 1.60. The second-order valence-corrected chi connectivity index (χ2v) is 9.19. The van der Waals surface area contributed by atoms with E-state index in [-0.39, 0.29) is 11.7 Å². The fourth-order valence-electron chi connectivity index (χ4n) is 4.86. The zero-order valence-corrected chi connectivity index (χ0v) is 19.3. The van der Waals surface area contributed by atoms with Crippen molar-refractivity contribution in [1.82, 2.24) is 15.6 Å². The molecule has 1 unspecified atom stereocenters. The highest BCUT2D eigenvalue weighted by Crippen LogP contribution is 2.49. The number of aromatic amines is 1. The van der Waals surface area contributed by atoms with E-state index < -0.39 is 0 Å². The van der Waals surface area contributed by atoms with E-state index in [0.29, 0.717) is 24.9 Å². The summed E-state index contributed by atoms with van der Waals surface area (Å²) in [5.41, 5.74) is 5.33. The topological polar surface area (TPSA) is 77.2 Å². The first-order chi connectivity index (χ1) is 16.7. The molecule has 0 spiro atoms. The van der Waals surface area contributed by atoms with Gasteiger partial charge in [0.15, 0.2) is 0 Å². The molecule has 3 aromatic carbocycles. The number of amides is 1. The van der Waals surface area contributed by atoms with Crippen molar-refractivity contribution in [2.45, 2.75) is 31.7 Å². The fraction of sp³-hybridized carbons (Fsp3) is 0.276. The summed E-state index contributed by atoms with van der Waals surface area (Å²) in [6, 6.07) is 23.9. The number of aromatic nitrogens is 1. The Morgan fingerprint density at radius 1 is 0.971 bits per heavy atom. The van der Waals surface area contributed by atoms with Gasteiger partial charge in [0.1, 0.15) is 5.75 Å². The first-order valence-electron chi connectivity index (χ1n) is 12.1. The van der Waals surface area contributed by atoms with Gasteiger partial charge in [-0.3, -0.25) is 4.79 Å². The third-order valence-corrected chi connectivity index (χ3v) is 6.85. The van der Waals surface area contributed by atoms with Gasteiger partial charge in [-0.1, -0.05) is 48.5 Å². The van der Waals surface area contributed by atoms with E-state index in [1.165, 1.54) is 17.5 Å². The van der Waals surface area contributed by atoms with E-state index in [1.807, 2.05) is 36.5 Å². The Kier molecular flexibility index (Phi) is 6.63. The first kappa shape index (κ1) is 22.2. The van der Waals surface area contributed by atoms with Crippen molar-refractivity contribution in [1.29, 1.82) is 0 Å². The number of benzene rings is 3. The molecule has 5 rings (SSSR count). The second-order valence-electron chi connectivity index (χ2n) is 9.19. The van der Waals surface area contributed by atoms with Crippen LogP contribution in [0.1, 0.15) is 45.8 Å². The minimum Gasteiger partial charge on any atom is -0.508 e. The lowest BCUT2D eigenvalue weighted by atomic mass is 10.1. The van der Waals surface area contributed by atoms with Crippen LogP contribution >= 0.6 is 0 Å². The smallest absolute Gasteiger partial charge is 0.251 e. The Morgan fingerprint density at radius 3 is 2.68 bits per heavy atom. The molecule has 0 aliphatic heterocycles. The van der Waals surface area contributed by atoms with Crippen molar-refractivity contribution < 1.29 is 9.90 Å². The van der Waals surface area contributed by atoms with Gasteiger partial charge in [-0.05, 0) is 72.5 Å². The Hall–Kier alpha value is -3.57. The van der Waals surface area contributed by atoms with Crippen molar-refractivity contribution in [2.24, 2.45) is 5.92 Å². The van der Waals surface area contributed by atoms with Crippen molar-refractivity contribution in [3.05, 3.63) is 101 Å². The quantitative estimate of drug-likeness (QED) is 0.252. The van der Waals surface area contributed by atoms with Crippen LogP contribution < -0.4 is 10.6 Å². The number of phenols is 1. The van der Waals surface area contributed by atoms with Crippen LogP contribution in [0.5, 0.6) is 5.75 Å². The standard InChI is InChI=1S/C29H31N3O2/c33-24-10-11-25-23(19-32-28(25)17-24)12-14-30-18-22-8-4-5-9-26(22)29(34)31-15-13-21-16-27(21)20-6-2-1-3-7-20/h1-11,17,19,21,27,30,32-33H,12-16,18H2,(H,31,34)/t21?,27-/m0/s1. The predicted molar refractivity (Wildman–Crippen MR) is 136 cm³/mol. The minimum atomic E-state index is 0.00532. The molecule has 1 amide bonds. The molecule has 1 heterocycles. The first-order valence-corrected chi connectivity index (χ1v) is 12.1. The third kappa shape index (κ3) is 5.15. The number of hydrogen-bond acceptors (Lipinski definition) is 3. The Labute approximate surface area is 200 Å². The highest BCUT2D eigenvalue weighted by atomic mass is 16.3. The summed E-state index contributed by atoms with van der Waals surface area (Å²) in [4.78, 5) is 16.1. The van der Waals surface area contributed by atoms with Gasteiger partial charge < -0.3 is 20.7 Å². The summed E-state index contributed by atoms with van der Waals surface area (Å²) in [7, 11) is 0. The molecular formula is C29H31N3O2. The third-order valence-electron chi connectivity index (χ3n) is 6.85. The van der Waals surface area contributed by atoms with Gasteiger partial charge in [-0.15, -0.1) is 0 Å². The van der Waals surface area contributed by atoms with Crippen LogP contribution in [0.4, 0.5) is 0 Å². The van der Waals surface area contributed by atoms with Crippen molar-refractivity contribution in [3.8, 4) is 5.75 Å². The molecule has 5 nitrogen and oxygen atoms in total. The van der Waals surface area contributed by atoms with E-state index in [4.69, 9.17) is 0 Å². The zero-order valence-electron chi connectivity index (χ0n) is 19.3. The number of carbonyl (C=O) groups excluding carboxylic acids is 1. The molecule has 0 saturated heterocycles. The van der Waals surface area contributed by atoms with Gasteiger partial charge in [0.05, 0.1) is 0 Å².